The molecule has 0 fully saturated rings. The molecule has 0 aliphatic carbocycles. The van der Waals surface area contributed by atoms with Crippen LogP contribution in [-0.2, 0) is 11.2 Å². The molecule has 133 valence electrons. The van der Waals surface area contributed by atoms with Crippen molar-refractivity contribution in [1.29, 1.82) is 0 Å². The number of carbonyl (C=O) groups excluding carboxylic acids is 1. The van der Waals surface area contributed by atoms with Crippen molar-refractivity contribution in [2.24, 2.45) is 5.92 Å². The smallest absolute Gasteiger partial charge is 0.337 e. The van der Waals surface area contributed by atoms with E-state index in [1.165, 1.54) is 24.2 Å². The first-order valence-electron chi connectivity index (χ1n) is 9.10. The first-order chi connectivity index (χ1) is 12.0. The predicted molar refractivity (Wildman–Crippen MR) is 104 cm³/mol. The molecule has 0 N–H and O–H groups in total. The first-order valence-corrected chi connectivity index (χ1v) is 9.10. The maximum Gasteiger partial charge on any atom is 0.337 e. The van der Waals surface area contributed by atoms with Crippen molar-refractivity contribution in [2.45, 2.75) is 46.5 Å². The van der Waals surface area contributed by atoms with Crippen LogP contribution in [0, 0.1) is 11.8 Å². The van der Waals surface area contributed by atoms with Crippen molar-refractivity contribution < 1.29 is 9.53 Å². The minimum atomic E-state index is -0.284. The Hall–Kier alpha value is -2.09. The summed E-state index contributed by atoms with van der Waals surface area (Å²) in [6, 6.07) is 16.5. The summed E-state index contributed by atoms with van der Waals surface area (Å²) in [6.45, 7) is 9.00. The second kappa shape index (κ2) is 8.84. The Morgan fingerprint density at radius 1 is 1.04 bits per heavy atom. The van der Waals surface area contributed by atoms with Crippen molar-refractivity contribution in [2.75, 3.05) is 7.11 Å². The highest BCUT2D eigenvalue weighted by molar-refractivity contribution is 5.89. The maximum atomic E-state index is 11.8. The Labute approximate surface area is 152 Å². The van der Waals surface area contributed by atoms with Crippen molar-refractivity contribution in [1.82, 2.24) is 0 Å². The lowest BCUT2D eigenvalue weighted by molar-refractivity contribution is 0.0600. The SMILES string of the molecule is CCC(C)c1ccccc1[C](Cc1cccc(C(=O)OC)c1)C(C)C. The molecule has 0 saturated heterocycles. The largest absolute Gasteiger partial charge is 0.465 e. The van der Waals surface area contributed by atoms with E-state index in [2.05, 4.69) is 58.0 Å². The second-order valence-electron chi connectivity index (χ2n) is 6.95. The zero-order valence-corrected chi connectivity index (χ0v) is 16.0. The van der Waals surface area contributed by atoms with Gasteiger partial charge in [-0.3, -0.25) is 0 Å². The van der Waals surface area contributed by atoms with Gasteiger partial charge in [0.25, 0.3) is 0 Å². The summed E-state index contributed by atoms with van der Waals surface area (Å²) >= 11 is 0. The molecule has 1 atom stereocenters. The van der Waals surface area contributed by atoms with Gasteiger partial charge in [0.1, 0.15) is 0 Å². The molecule has 2 aromatic carbocycles. The van der Waals surface area contributed by atoms with Crippen LogP contribution in [0.1, 0.15) is 67.1 Å². The van der Waals surface area contributed by atoms with Crippen molar-refractivity contribution in [3.05, 3.63) is 76.7 Å². The molecular formula is C23H29O2. The molecule has 2 heteroatoms. The second-order valence-corrected chi connectivity index (χ2v) is 6.95. The lowest BCUT2D eigenvalue weighted by Gasteiger charge is -2.26. The number of ether oxygens (including phenoxy) is 1. The van der Waals surface area contributed by atoms with E-state index in [0.29, 0.717) is 17.4 Å². The Bertz CT molecular complexity index is 703. The van der Waals surface area contributed by atoms with Crippen LogP contribution in [0.15, 0.2) is 48.5 Å². The molecule has 0 amide bonds. The minimum Gasteiger partial charge on any atom is -0.465 e. The highest BCUT2D eigenvalue weighted by Gasteiger charge is 2.22. The third kappa shape index (κ3) is 4.72. The summed E-state index contributed by atoms with van der Waals surface area (Å²) in [5, 5.41) is 0. The molecule has 0 bridgehead atoms. The van der Waals surface area contributed by atoms with Gasteiger partial charge in [-0.05, 0) is 53.5 Å². The fourth-order valence-electron chi connectivity index (χ4n) is 3.20. The van der Waals surface area contributed by atoms with E-state index in [1.807, 2.05) is 12.1 Å². The Morgan fingerprint density at radius 2 is 1.76 bits per heavy atom. The molecule has 0 saturated carbocycles. The van der Waals surface area contributed by atoms with Gasteiger partial charge in [-0.25, -0.2) is 4.79 Å². The summed E-state index contributed by atoms with van der Waals surface area (Å²) in [6.07, 6.45) is 1.97. The minimum absolute atomic E-state index is 0.284. The molecule has 1 radical (unpaired) electrons. The standard InChI is InChI=1S/C23H29O2/c1-6-17(4)20-12-7-8-13-21(20)22(16(2)3)15-18-10-9-11-19(14-18)23(24)25-5/h7-14,16-17H,6,15H2,1-5H3. The van der Waals surface area contributed by atoms with Gasteiger partial charge < -0.3 is 4.74 Å². The Morgan fingerprint density at radius 3 is 2.40 bits per heavy atom. The molecule has 25 heavy (non-hydrogen) atoms. The fourth-order valence-corrected chi connectivity index (χ4v) is 3.20. The summed E-state index contributed by atoms with van der Waals surface area (Å²) in [5.74, 6) is 2.10. The lowest BCUT2D eigenvalue weighted by Crippen LogP contribution is -2.15. The van der Waals surface area contributed by atoms with E-state index in [0.717, 1.165) is 18.4 Å². The number of hydrogen-bond acceptors (Lipinski definition) is 2. The van der Waals surface area contributed by atoms with Crippen LogP contribution in [-0.4, -0.2) is 13.1 Å². The summed E-state index contributed by atoms with van der Waals surface area (Å²) in [7, 11) is 1.42. The van der Waals surface area contributed by atoms with Gasteiger partial charge in [-0.2, -0.15) is 0 Å². The van der Waals surface area contributed by atoms with Crippen LogP contribution in [0.5, 0.6) is 0 Å². The normalized spacial score (nSPS) is 12.4. The molecule has 0 aromatic heterocycles. The number of benzene rings is 2. The van der Waals surface area contributed by atoms with E-state index in [-0.39, 0.29) is 5.97 Å². The molecular weight excluding hydrogens is 308 g/mol. The molecule has 0 spiro atoms. The predicted octanol–water partition coefficient (Wildman–Crippen LogP) is 5.81. The average Bonchev–Trinajstić information content (AvgIpc) is 2.64. The molecule has 0 aliphatic rings. The van der Waals surface area contributed by atoms with E-state index >= 15 is 0 Å². The fraction of sp³-hybridized carbons (Fsp3) is 0.391. The lowest BCUT2D eigenvalue weighted by atomic mass is 9.78. The number of rotatable bonds is 7. The maximum absolute atomic E-state index is 11.8. The van der Waals surface area contributed by atoms with Crippen LogP contribution in [0.2, 0.25) is 0 Å². The summed E-state index contributed by atoms with van der Waals surface area (Å²) < 4.78 is 4.85. The van der Waals surface area contributed by atoms with Crippen molar-refractivity contribution >= 4 is 5.97 Å². The third-order valence-electron chi connectivity index (χ3n) is 4.89. The first kappa shape index (κ1) is 19.2. The molecule has 0 heterocycles. The average molecular weight is 337 g/mol. The van der Waals surface area contributed by atoms with Crippen LogP contribution >= 0.6 is 0 Å². The quantitative estimate of drug-likeness (QED) is 0.596. The van der Waals surface area contributed by atoms with E-state index < -0.39 is 0 Å². The van der Waals surface area contributed by atoms with Gasteiger partial charge >= 0.3 is 5.97 Å². The summed E-state index contributed by atoms with van der Waals surface area (Å²) in [5.41, 5.74) is 4.53. The molecule has 2 aromatic rings. The van der Waals surface area contributed by atoms with E-state index in [9.17, 15) is 4.79 Å². The molecule has 0 aliphatic heterocycles. The zero-order valence-electron chi connectivity index (χ0n) is 16.0. The van der Waals surface area contributed by atoms with Crippen LogP contribution in [0.25, 0.3) is 0 Å². The number of carbonyl (C=O) groups is 1. The van der Waals surface area contributed by atoms with Crippen LogP contribution in [0.4, 0.5) is 0 Å². The molecule has 2 nitrogen and oxygen atoms in total. The van der Waals surface area contributed by atoms with Gasteiger partial charge in [0.15, 0.2) is 0 Å². The van der Waals surface area contributed by atoms with Crippen molar-refractivity contribution in [3.8, 4) is 0 Å². The van der Waals surface area contributed by atoms with Crippen LogP contribution in [0.3, 0.4) is 0 Å². The van der Waals surface area contributed by atoms with Crippen LogP contribution < -0.4 is 0 Å². The summed E-state index contributed by atoms with van der Waals surface area (Å²) in [4.78, 5) is 11.8. The van der Waals surface area contributed by atoms with Gasteiger partial charge in [0.2, 0.25) is 0 Å². The molecule has 1 unspecified atom stereocenters. The Kier molecular flexibility index (Phi) is 6.81. The number of hydrogen-bond donors (Lipinski definition) is 0. The van der Waals surface area contributed by atoms with Crippen molar-refractivity contribution in [3.63, 3.8) is 0 Å². The number of methoxy groups -OCH3 is 1. The molecule has 2 rings (SSSR count). The number of esters is 1. The van der Waals surface area contributed by atoms with Gasteiger partial charge in [0, 0.05) is 5.92 Å². The van der Waals surface area contributed by atoms with E-state index in [1.54, 1.807) is 6.07 Å². The van der Waals surface area contributed by atoms with Gasteiger partial charge in [-0.15, -0.1) is 0 Å². The third-order valence-corrected chi connectivity index (χ3v) is 4.89. The highest BCUT2D eigenvalue weighted by atomic mass is 16.5. The monoisotopic (exact) mass is 337 g/mol. The zero-order chi connectivity index (χ0) is 18.4. The van der Waals surface area contributed by atoms with E-state index in [4.69, 9.17) is 4.74 Å². The van der Waals surface area contributed by atoms with Gasteiger partial charge in [0.05, 0.1) is 12.7 Å². The topological polar surface area (TPSA) is 26.3 Å². The highest BCUT2D eigenvalue weighted by Crippen LogP contribution is 2.34. The Balaban J connectivity index is 2.36. The van der Waals surface area contributed by atoms with Gasteiger partial charge in [-0.1, -0.05) is 64.1 Å².